The van der Waals surface area contributed by atoms with Gasteiger partial charge in [0.05, 0.1) is 4.90 Å². The van der Waals surface area contributed by atoms with Gasteiger partial charge < -0.3 is 4.90 Å². The maximum atomic E-state index is 12.8. The lowest BCUT2D eigenvalue weighted by Gasteiger charge is -2.34. The van der Waals surface area contributed by atoms with Crippen LogP contribution < -0.4 is 0 Å². The second kappa shape index (κ2) is 7.11. The first-order chi connectivity index (χ1) is 12.9. The van der Waals surface area contributed by atoms with Gasteiger partial charge in [-0.1, -0.05) is 41.9 Å². The highest BCUT2D eigenvalue weighted by Crippen LogP contribution is 2.33. The highest BCUT2D eigenvalue weighted by molar-refractivity contribution is 7.96. The van der Waals surface area contributed by atoms with E-state index in [2.05, 4.69) is 4.90 Å². The first-order valence-electron chi connectivity index (χ1n) is 8.77. The topological polar surface area (TPSA) is 57.7 Å². The molecule has 2 aromatic carbocycles. The average Bonchev–Trinajstić information content (AvgIpc) is 2.95. The van der Waals surface area contributed by atoms with E-state index in [9.17, 15) is 13.2 Å². The lowest BCUT2D eigenvalue weighted by molar-refractivity contribution is -0.128. The van der Waals surface area contributed by atoms with Crippen LogP contribution in [-0.4, -0.2) is 50.3 Å². The summed E-state index contributed by atoms with van der Waals surface area (Å²) in [5.74, 6) is -0.405. The molecule has 0 aromatic heterocycles. The summed E-state index contributed by atoms with van der Waals surface area (Å²) < 4.78 is 25.3. The highest BCUT2D eigenvalue weighted by Gasteiger charge is 2.37. The molecule has 2 heterocycles. The summed E-state index contributed by atoms with van der Waals surface area (Å²) in [6.45, 7) is 3.21. The van der Waals surface area contributed by atoms with Crippen LogP contribution in [0.25, 0.3) is 6.08 Å². The average molecular weight is 403 g/mol. The van der Waals surface area contributed by atoms with E-state index in [4.69, 9.17) is 11.6 Å². The summed E-state index contributed by atoms with van der Waals surface area (Å²) in [5.41, 5.74) is 1.75. The van der Waals surface area contributed by atoms with Gasteiger partial charge >= 0.3 is 0 Å². The van der Waals surface area contributed by atoms with Crippen molar-refractivity contribution in [1.29, 1.82) is 0 Å². The molecule has 2 aliphatic heterocycles. The van der Waals surface area contributed by atoms with Gasteiger partial charge in [0.25, 0.3) is 5.91 Å². The Balaban J connectivity index is 1.42. The smallest absolute Gasteiger partial charge is 0.265 e. The summed E-state index contributed by atoms with van der Waals surface area (Å²) in [6, 6.07) is 14.4. The van der Waals surface area contributed by atoms with Crippen molar-refractivity contribution >= 4 is 33.4 Å². The molecule has 4 rings (SSSR count). The molecule has 0 N–H and O–H groups in total. The van der Waals surface area contributed by atoms with Gasteiger partial charge in [-0.2, -0.15) is 0 Å². The van der Waals surface area contributed by atoms with Gasteiger partial charge in [-0.25, -0.2) is 8.42 Å². The maximum absolute atomic E-state index is 12.8. The van der Waals surface area contributed by atoms with Crippen LogP contribution in [0.2, 0.25) is 5.02 Å². The van der Waals surface area contributed by atoms with Gasteiger partial charge in [0.1, 0.15) is 4.91 Å². The minimum atomic E-state index is -3.72. The minimum Gasteiger partial charge on any atom is -0.335 e. The van der Waals surface area contributed by atoms with Gasteiger partial charge in [-0.15, -0.1) is 0 Å². The van der Waals surface area contributed by atoms with E-state index in [1.165, 1.54) is 6.08 Å². The molecule has 0 atom stereocenters. The van der Waals surface area contributed by atoms with Gasteiger partial charge in [0, 0.05) is 37.7 Å². The van der Waals surface area contributed by atoms with E-state index in [1.54, 1.807) is 29.2 Å². The maximum Gasteiger partial charge on any atom is 0.265 e. The highest BCUT2D eigenvalue weighted by atomic mass is 35.5. The molecule has 1 saturated heterocycles. The predicted molar refractivity (Wildman–Crippen MR) is 105 cm³/mol. The molecule has 1 amide bonds. The number of piperazine rings is 1. The van der Waals surface area contributed by atoms with Crippen molar-refractivity contribution < 1.29 is 13.2 Å². The van der Waals surface area contributed by atoms with Crippen molar-refractivity contribution in [2.45, 2.75) is 11.4 Å². The predicted octanol–water partition coefficient (Wildman–Crippen LogP) is 2.81. The normalized spacial score (nSPS) is 18.9. The SMILES string of the molecule is O=C(C1=Cc2ccccc2S1(=O)=O)N1CCN(Cc2ccc(Cl)cc2)CC1. The number of rotatable bonds is 3. The number of hydrogen-bond acceptors (Lipinski definition) is 4. The molecule has 5 nitrogen and oxygen atoms in total. The van der Waals surface area contributed by atoms with Crippen molar-refractivity contribution in [2.75, 3.05) is 26.2 Å². The number of carbonyl (C=O) groups is 1. The number of carbonyl (C=O) groups excluding carboxylic acids is 1. The zero-order chi connectivity index (χ0) is 19.0. The Morgan fingerprint density at radius 3 is 2.30 bits per heavy atom. The summed E-state index contributed by atoms with van der Waals surface area (Å²) in [7, 11) is -3.72. The quantitative estimate of drug-likeness (QED) is 0.792. The van der Waals surface area contributed by atoms with Crippen molar-refractivity contribution in [3.8, 4) is 0 Å². The Bertz CT molecular complexity index is 1010. The van der Waals surface area contributed by atoms with E-state index in [1.807, 2.05) is 24.3 Å². The van der Waals surface area contributed by atoms with Gasteiger partial charge in [-0.05, 0) is 35.4 Å². The zero-order valence-electron chi connectivity index (χ0n) is 14.6. The zero-order valence-corrected chi connectivity index (χ0v) is 16.2. The number of fused-ring (bicyclic) bond motifs is 1. The summed E-state index contributed by atoms with van der Waals surface area (Å²) in [5, 5.41) is 0.709. The molecule has 0 radical (unpaired) electrons. The van der Waals surface area contributed by atoms with Gasteiger partial charge in [-0.3, -0.25) is 9.69 Å². The molecule has 2 aromatic rings. The molecule has 0 spiro atoms. The fraction of sp³-hybridized carbons (Fsp3) is 0.250. The van der Waals surface area contributed by atoms with Crippen LogP contribution in [0.1, 0.15) is 11.1 Å². The standard InChI is InChI=1S/C20H19ClN2O3S/c21-17-7-5-15(6-8-17)14-22-9-11-23(12-10-22)20(24)19-13-16-3-1-2-4-18(16)27(19,25)26/h1-8,13H,9-12,14H2. The Hall–Kier alpha value is -2.15. The second-order valence-electron chi connectivity index (χ2n) is 6.74. The largest absolute Gasteiger partial charge is 0.335 e. The summed E-state index contributed by atoms with van der Waals surface area (Å²) >= 11 is 5.92. The Kier molecular flexibility index (Phi) is 4.80. The molecule has 140 valence electrons. The van der Waals surface area contributed by atoms with Crippen molar-refractivity contribution in [2.24, 2.45) is 0 Å². The van der Waals surface area contributed by atoms with E-state index in [-0.39, 0.29) is 9.80 Å². The lowest BCUT2D eigenvalue weighted by atomic mass is 10.2. The summed E-state index contributed by atoms with van der Waals surface area (Å²) in [6.07, 6.45) is 1.49. The molecule has 0 saturated carbocycles. The first-order valence-corrected chi connectivity index (χ1v) is 10.6. The Morgan fingerprint density at radius 2 is 1.63 bits per heavy atom. The molecule has 0 unspecified atom stereocenters. The molecule has 27 heavy (non-hydrogen) atoms. The van der Waals surface area contributed by atoms with E-state index in [0.717, 1.165) is 12.1 Å². The van der Waals surface area contributed by atoms with E-state index >= 15 is 0 Å². The Labute approximate surface area is 163 Å². The van der Waals surface area contributed by atoms with Gasteiger partial charge in [0.2, 0.25) is 9.84 Å². The third-order valence-electron chi connectivity index (χ3n) is 4.97. The fourth-order valence-corrected chi connectivity index (χ4v) is 5.17. The molecule has 7 heteroatoms. The minimum absolute atomic E-state index is 0.116. The first kappa shape index (κ1) is 18.2. The molecule has 0 aliphatic carbocycles. The molecule has 2 aliphatic rings. The monoisotopic (exact) mass is 402 g/mol. The number of benzene rings is 2. The lowest BCUT2D eigenvalue weighted by Crippen LogP contribution is -2.49. The van der Waals surface area contributed by atoms with E-state index < -0.39 is 15.7 Å². The van der Waals surface area contributed by atoms with Crippen LogP contribution in [0.3, 0.4) is 0 Å². The van der Waals surface area contributed by atoms with Crippen LogP contribution in [-0.2, 0) is 21.2 Å². The number of amides is 1. The van der Waals surface area contributed by atoms with Crippen LogP contribution in [0, 0.1) is 0 Å². The molecule has 1 fully saturated rings. The number of nitrogens with zero attached hydrogens (tertiary/aromatic N) is 2. The molecular formula is C20H19ClN2O3S. The Morgan fingerprint density at radius 1 is 0.963 bits per heavy atom. The number of halogens is 1. The second-order valence-corrected chi connectivity index (χ2v) is 9.07. The third-order valence-corrected chi connectivity index (χ3v) is 7.05. The fourth-order valence-electron chi connectivity index (χ4n) is 3.47. The van der Waals surface area contributed by atoms with Crippen molar-refractivity contribution in [3.05, 3.63) is 69.6 Å². The molecular weight excluding hydrogens is 384 g/mol. The number of hydrogen-bond donors (Lipinski definition) is 0. The summed E-state index contributed by atoms with van der Waals surface area (Å²) in [4.78, 5) is 16.8. The van der Waals surface area contributed by atoms with Crippen molar-refractivity contribution in [1.82, 2.24) is 9.80 Å². The molecule has 0 bridgehead atoms. The number of sulfone groups is 1. The van der Waals surface area contributed by atoms with Crippen molar-refractivity contribution in [3.63, 3.8) is 0 Å². The van der Waals surface area contributed by atoms with Crippen LogP contribution in [0.4, 0.5) is 0 Å². The van der Waals surface area contributed by atoms with E-state index in [0.29, 0.717) is 36.8 Å². The van der Waals surface area contributed by atoms with Crippen LogP contribution >= 0.6 is 11.6 Å². The third kappa shape index (κ3) is 3.52. The van der Waals surface area contributed by atoms with Crippen LogP contribution in [0.15, 0.2) is 58.3 Å². The van der Waals surface area contributed by atoms with Gasteiger partial charge in [0.15, 0.2) is 0 Å². The van der Waals surface area contributed by atoms with Crippen LogP contribution in [0.5, 0.6) is 0 Å².